The Bertz CT molecular complexity index is 1190. The lowest BCUT2D eigenvalue weighted by atomic mass is 9.98. The summed E-state index contributed by atoms with van der Waals surface area (Å²) in [6.45, 7) is 7.52. The third kappa shape index (κ3) is 4.49. The van der Waals surface area contributed by atoms with E-state index in [1.54, 1.807) is 17.0 Å². The number of nitriles is 1. The Labute approximate surface area is 193 Å². The van der Waals surface area contributed by atoms with Gasteiger partial charge in [0.2, 0.25) is 0 Å². The number of hydrogen-bond acceptors (Lipinski definition) is 4. The van der Waals surface area contributed by atoms with Gasteiger partial charge in [-0.2, -0.15) is 10.4 Å². The molecule has 1 amide bonds. The first kappa shape index (κ1) is 21.9. The molecule has 0 saturated carbocycles. The molecule has 0 N–H and O–H groups in total. The zero-order valence-electron chi connectivity index (χ0n) is 18.4. The number of rotatable bonds is 4. The van der Waals surface area contributed by atoms with Crippen molar-refractivity contribution in [1.29, 1.82) is 5.26 Å². The first-order valence-electron chi connectivity index (χ1n) is 10.5. The monoisotopic (exact) mass is 448 g/mol. The lowest BCUT2D eigenvalue weighted by Gasteiger charge is -2.28. The van der Waals surface area contributed by atoms with Crippen molar-refractivity contribution in [2.45, 2.75) is 33.7 Å². The number of aromatic nitrogens is 2. The number of carbonyl (C=O) groups excluding carboxylic acids is 1. The van der Waals surface area contributed by atoms with Gasteiger partial charge in [0.15, 0.2) is 0 Å². The fourth-order valence-electron chi connectivity index (χ4n) is 3.62. The van der Waals surface area contributed by atoms with E-state index in [-0.39, 0.29) is 27.5 Å². The molecule has 0 aliphatic carbocycles. The van der Waals surface area contributed by atoms with E-state index in [0.29, 0.717) is 31.9 Å². The average molecular weight is 449 g/mol. The Morgan fingerprint density at radius 2 is 1.97 bits per heavy atom. The molecule has 0 atom stereocenters. The topological polar surface area (TPSA) is 71.2 Å². The van der Waals surface area contributed by atoms with E-state index >= 15 is 0 Å². The number of fused-ring (bicyclic) bond motifs is 1. The van der Waals surface area contributed by atoms with Gasteiger partial charge in [0.25, 0.3) is 5.91 Å². The summed E-state index contributed by atoms with van der Waals surface area (Å²) in [4.78, 5) is 15.3. The minimum Gasteiger partial charge on any atom is -0.492 e. The number of carbonyl (C=O) groups is 1. The zero-order valence-corrected chi connectivity index (χ0v) is 19.2. The Kier molecular flexibility index (Phi) is 5.94. The predicted molar refractivity (Wildman–Crippen MR) is 123 cm³/mol. The average Bonchev–Trinajstić information content (AvgIpc) is 3.21. The molecule has 3 aromatic rings. The van der Waals surface area contributed by atoms with E-state index in [1.165, 1.54) is 0 Å². The van der Waals surface area contributed by atoms with E-state index in [0.717, 1.165) is 16.9 Å². The summed E-state index contributed by atoms with van der Waals surface area (Å²) in [6.07, 6.45) is 2.61. The van der Waals surface area contributed by atoms with Gasteiger partial charge in [0, 0.05) is 31.3 Å². The molecule has 1 aliphatic heterocycles. The van der Waals surface area contributed by atoms with E-state index < -0.39 is 0 Å². The molecule has 0 fully saturated rings. The molecule has 0 bridgehead atoms. The maximum atomic E-state index is 13.5. The highest BCUT2D eigenvalue weighted by atomic mass is 35.5. The number of amides is 1. The molecule has 4 rings (SSSR count). The summed E-state index contributed by atoms with van der Waals surface area (Å²) >= 11 is 6.50. The molecular formula is C25H25ClN4O2. The normalized spacial score (nSPS) is 13.4. The van der Waals surface area contributed by atoms with Crippen LogP contribution in [0.25, 0.3) is 5.69 Å². The number of halogens is 1. The van der Waals surface area contributed by atoms with Crippen molar-refractivity contribution in [3.8, 4) is 17.5 Å². The van der Waals surface area contributed by atoms with Crippen molar-refractivity contribution in [3.05, 3.63) is 76.1 Å². The molecule has 1 aliphatic rings. The van der Waals surface area contributed by atoms with E-state index in [4.69, 9.17) is 21.4 Å². The number of nitrogens with zero attached hydrogens (tertiary/aromatic N) is 4. The van der Waals surface area contributed by atoms with Crippen molar-refractivity contribution in [3.63, 3.8) is 0 Å². The van der Waals surface area contributed by atoms with Crippen LogP contribution in [0.5, 0.6) is 5.75 Å². The molecular weight excluding hydrogens is 424 g/mol. The standard InChI is InChI=1S/C25H25ClN4O2/c1-25(2,3)16-32-21-10-9-17(13-27)23(26)22(21)24(31)29-12-11-20-18(14-29)15-30(28-20)19-7-5-4-6-8-19/h4-10,15H,11-12,14,16H2,1-3H3. The molecule has 0 spiro atoms. The van der Waals surface area contributed by atoms with Gasteiger partial charge in [-0.15, -0.1) is 0 Å². The van der Waals surface area contributed by atoms with Crippen LogP contribution in [0.2, 0.25) is 5.02 Å². The van der Waals surface area contributed by atoms with E-state index in [9.17, 15) is 10.1 Å². The minimum atomic E-state index is -0.242. The highest BCUT2D eigenvalue weighted by molar-refractivity contribution is 6.35. The lowest BCUT2D eigenvalue weighted by Crippen LogP contribution is -2.36. The van der Waals surface area contributed by atoms with Crippen LogP contribution >= 0.6 is 11.6 Å². The molecule has 0 unspecified atom stereocenters. The van der Waals surface area contributed by atoms with Crippen LogP contribution in [0.4, 0.5) is 0 Å². The van der Waals surface area contributed by atoms with Gasteiger partial charge in [0.1, 0.15) is 17.4 Å². The summed E-state index contributed by atoms with van der Waals surface area (Å²) in [5, 5.41) is 14.2. The van der Waals surface area contributed by atoms with Crippen LogP contribution in [-0.4, -0.2) is 33.7 Å². The summed E-state index contributed by atoms with van der Waals surface area (Å²) in [5.41, 5.74) is 3.37. The number of benzene rings is 2. The predicted octanol–water partition coefficient (Wildman–Crippen LogP) is 5.02. The van der Waals surface area contributed by atoms with Crippen molar-refractivity contribution >= 4 is 17.5 Å². The SMILES string of the molecule is CC(C)(C)COc1ccc(C#N)c(Cl)c1C(=O)N1CCc2nn(-c3ccccc3)cc2C1. The number of hydrogen-bond donors (Lipinski definition) is 0. The Hall–Kier alpha value is -3.30. The lowest BCUT2D eigenvalue weighted by molar-refractivity contribution is 0.0727. The van der Waals surface area contributed by atoms with Gasteiger partial charge >= 0.3 is 0 Å². The summed E-state index contributed by atoms with van der Waals surface area (Å²) < 4.78 is 7.81. The maximum absolute atomic E-state index is 13.5. The molecule has 164 valence electrons. The van der Waals surface area contributed by atoms with Crippen LogP contribution in [0.3, 0.4) is 0 Å². The second-order valence-electron chi connectivity index (χ2n) is 9.12. The molecule has 6 nitrogen and oxygen atoms in total. The Balaban J connectivity index is 1.63. The largest absolute Gasteiger partial charge is 0.492 e. The molecule has 2 heterocycles. The molecule has 7 heteroatoms. The number of para-hydroxylation sites is 1. The van der Waals surface area contributed by atoms with Crippen LogP contribution in [-0.2, 0) is 13.0 Å². The highest BCUT2D eigenvalue weighted by Crippen LogP contribution is 2.33. The van der Waals surface area contributed by atoms with Crippen molar-refractivity contribution in [2.24, 2.45) is 5.41 Å². The number of ether oxygens (including phenoxy) is 1. The second-order valence-corrected chi connectivity index (χ2v) is 9.50. The quantitative estimate of drug-likeness (QED) is 0.561. The van der Waals surface area contributed by atoms with Gasteiger partial charge in [0.05, 0.1) is 28.6 Å². The Morgan fingerprint density at radius 3 is 2.66 bits per heavy atom. The van der Waals surface area contributed by atoms with E-state index in [1.807, 2.05) is 41.2 Å². The molecule has 2 aromatic carbocycles. The van der Waals surface area contributed by atoms with Gasteiger partial charge in [-0.3, -0.25) is 4.79 Å². The van der Waals surface area contributed by atoms with Gasteiger partial charge < -0.3 is 9.64 Å². The van der Waals surface area contributed by atoms with Gasteiger partial charge in [-0.05, 0) is 29.7 Å². The van der Waals surface area contributed by atoms with E-state index in [2.05, 4.69) is 26.8 Å². The van der Waals surface area contributed by atoms with Crippen LogP contribution in [0.1, 0.15) is 48.0 Å². The van der Waals surface area contributed by atoms with Gasteiger partial charge in [-0.25, -0.2) is 4.68 Å². The third-order valence-electron chi connectivity index (χ3n) is 5.26. The first-order chi connectivity index (χ1) is 15.3. The van der Waals surface area contributed by atoms with Crippen LogP contribution < -0.4 is 4.74 Å². The van der Waals surface area contributed by atoms with Crippen molar-refractivity contribution < 1.29 is 9.53 Å². The Morgan fingerprint density at radius 1 is 1.22 bits per heavy atom. The van der Waals surface area contributed by atoms with Crippen LogP contribution in [0.15, 0.2) is 48.7 Å². The molecule has 0 saturated heterocycles. The fourth-order valence-corrected chi connectivity index (χ4v) is 3.90. The second kappa shape index (κ2) is 8.68. The van der Waals surface area contributed by atoms with Crippen molar-refractivity contribution in [2.75, 3.05) is 13.2 Å². The summed E-state index contributed by atoms with van der Waals surface area (Å²) in [5.74, 6) is 0.161. The van der Waals surface area contributed by atoms with Crippen LogP contribution in [0, 0.1) is 16.7 Å². The molecule has 1 aromatic heterocycles. The third-order valence-corrected chi connectivity index (χ3v) is 5.66. The summed E-state index contributed by atoms with van der Waals surface area (Å²) in [7, 11) is 0. The fraction of sp³-hybridized carbons (Fsp3) is 0.320. The minimum absolute atomic E-state index is 0.0905. The molecule has 0 radical (unpaired) electrons. The maximum Gasteiger partial charge on any atom is 0.259 e. The zero-order chi connectivity index (χ0) is 22.9. The summed E-state index contributed by atoms with van der Waals surface area (Å²) in [6, 6.07) is 15.2. The molecule has 32 heavy (non-hydrogen) atoms. The van der Waals surface area contributed by atoms with Gasteiger partial charge in [-0.1, -0.05) is 50.6 Å². The highest BCUT2D eigenvalue weighted by Gasteiger charge is 2.29. The van der Waals surface area contributed by atoms with Crippen molar-refractivity contribution in [1.82, 2.24) is 14.7 Å². The smallest absolute Gasteiger partial charge is 0.259 e. The first-order valence-corrected chi connectivity index (χ1v) is 10.9.